The fourth-order valence-electron chi connectivity index (χ4n) is 3.10. The summed E-state index contributed by atoms with van der Waals surface area (Å²) in [5.74, 6) is 0.707. The van der Waals surface area contributed by atoms with Gasteiger partial charge in [-0.05, 0) is 40.2 Å². The number of amides is 1. The summed E-state index contributed by atoms with van der Waals surface area (Å²) in [5.41, 5.74) is -0.483. The first kappa shape index (κ1) is 23.2. The number of alkyl carbamates (subject to hydrolysis) is 1. The molecule has 9 heteroatoms. The van der Waals surface area contributed by atoms with Crippen LogP contribution < -0.4 is 16.0 Å². The summed E-state index contributed by atoms with van der Waals surface area (Å²) >= 11 is 0. The second-order valence-corrected chi connectivity index (χ2v) is 7.55. The van der Waals surface area contributed by atoms with E-state index in [1.165, 1.54) is 19.4 Å². The summed E-state index contributed by atoms with van der Waals surface area (Å²) in [6.07, 6.45) is 2.32. The van der Waals surface area contributed by atoms with Gasteiger partial charge in [0, 0.05) is 39.3 Å². The molecule has 2 fully saturated rings. The number of ether oxygens (including phenoxy) is 2. The lowest BCUT2D eigenvalue weighted by Crippen LogP contribution is -2.51. The third kappa shape index (κ3) is 8.26. The van der Waals surface area contributed by atoms with Gasteiger partial charge in [0.2, 0.25) is 0 Å². The summed E-state index contributed by atoms with van der Waals surface area (Å²) in [5, 5.41) is 9.17. The van der Waals surface area contributed by atoms with Crippen LogP contribution in [-0.4, -0.2) is 81.1 Å². The van der Waals surface area contributed by atoms with E-state index in [0.29, 0.717) is 25.1 Å². The molecule has 2 rings (SSSR count). The van der Waals surface area contributed by atoms with E-state index < -0.39 is 11.7 Å². The molecule has 0 aromatic carbocycles. The lowest BCUT2D eigenvalue weighted by Gasteiger charge is -2.35. The molecule has 0 aliphatic carbocycles. The third-order valence-corrected chi connectivity index (χ3v) is 4.27. The summed E-state index contributed by atoms with van der Waals surface area (Å²) in [6.45, 7) is 10.3. The lowest BCUT2D eigenvalue weighted by molar-refractivity contribution is -0.0453. The van der Waals surface area contributed by atoms with Crippen molar-refractivity contribution in [1.29, 1.82) is 0 Å². The van der Waals surface area contributed by atoms with E-state index in [2.05, 4.69) is 25.8 Å². The van der Waals surface area contributed by atoms with Gasteiger partial charge < -0.3 is 25.4 Å². The number of morpholine rings is 1. The molecule has 2 atom stereocenters. The van der Waals surface area contributed by atoms with Crippen molar-refractivity contribution in [2.75, 3.05) is 46.4 Å². The number of hydrogen-bond acceptors (Lipinski definition) is 5. The fraction of sp³-hybridized carbons (Fsp3) is 0.882. The highest BCUT2D eigenvalue weighted by atomic mass is 127. The average molecular weight is 483 g/mol. The molecule has 8 nitrogen and oxygen atoms in total. The van der Waals surface area contributed by atoms with Crippen LogP contribution in [0.25, 0.3) is 0 Å². The monoisotopic (exact) mass is 483 g/mol. The van der Waals surface area contributed by atoms with E-state index in [4.69, 9.17) is 9.47 Å². The predicted molar refractivity (Wildman–Crippen MR) is 113 cm³/mol. The van der Waals surface area contributed by atoms with Gasteiger partial charge in [0.1, 0.15) is 5.60 Å². The second kappa shape index (κ2) is 11.1. The van der Waals surface area contributed by atoms with Gasteiger partial charge in [0.15, 0.2) is 5.96 Å². The van der Waals surface area contributed by atoms with Crippen molar-refractivity contribution >= 4 is 36.0 Å². The molecule has 2 aliphatic heterocycles. The van der Waals surface area contributed by atoms with Crippen LogP contribution in [0.1, 0.15) is 33.6 Å². The van der Waals surface area contributed by atoms with E-state index in [9.17, 15) is 4.79 Å². The molecule has 2 unspecified atom stereocenters. The first-order valence-corrected chi connectivity index (χ1v) is 9.14. The summed E-state index contributed by atoms with van der Waals surface area (Å²) in [7, 11) is 1.73. The zero-order valence-corrected chi connectivity index (χ0v) is 18.7. The number of nitrogens with one attached hydrogen (secondary N) is 3. The molecule has 2 saturated heterocycles. The third-order valence-electron chi connectivity index (χ3n) is 4.27. The Balaban J connectivity index is 0.00000338. The normalized spacial score (nSPS) is 23.6. The molecule has 2 heterocycles. The Hall–Kier alpha value is -0.810. The Labute approximate surface area is 173 Å². The number of rotatable bonds is 5. The van der Waals surface area contributed by atoms with E-state index in [1.807, 2.05) is 20.8 Å². The maximum Gasteiger partial charge on any atom is 0.407 e. The van der Waals surface area contributed by atoms with Crippen LogP contribution in [0.15, 0.2) is 4.99 Å². The summed E-state index contributed by atoms with van der Waals surface area (Å²) in [4.78, 5) is 18.3. The molecule has 3 N–H and O–H groups in total. The predicted octanol–water partition coefficient (Wildman–Crippen LogP) is 1.16. The van der Waals surface area contributed by atoms with Crippen LogP contribution in [0.4, 0.5) is 4.79 Å². The highest BCUT2D eigenvalue weighted by Crippen LogP contribution is 2.22. The molecular formula is C17H34IN5O3. The zero-order chi connectivity index (χ0) is 18.3. The van der Waals surface area contributed by atoms with Gasteiger partial charge in [0.25, 0.3) is 0 Å². The largest absolute Gasteiger partial charge is 0.444 e. The van der Waals surface area contributed by atoms with Crippen LogP contribution >= 0.6 is 24.0 Å². The van der Waals surface area contributed by atoms with Crippen molar-refractivity contribution in [2.45, 2.75) is 51.4 Å². The van der Waals surface area contributed by atoms with Crippen molar-refractivity contribution in [3.63, 3.8) is 0 Å². The molecule has 0 radical (unpaired) electrons. The minimum absolute atomic E-state index is 0. The van der Waals surface area contributed by atoms with Crippen LogP contribution in [0.2, 0.25) is 0 Å². The van der Waals surface area contributed by atoms with E-state index in [1.54, 1.807) is 7.05 Å². The van der Waals surface area contributed by atoms with Crippen molar-refractivity contribution in [1.82, 2.24) is 20.9 Å². The van der Waals surface area contributed by atoms with Crippen LogP contribution in [0.3, 0.4) is 0 Å². The topological polar surface area (TPSA) is 87.2 Å². The van der Waals surface area contributed by atoms with Gasteiger partial charge in [0.05, 0.1) is 12.7 Å². The van der Waals surface area contributed by atoms with Crippen molar-refractivity contribution < 1.29 is 14.3 Å². The Bertz CT molecular complexity index is 470. The molecule has 0 aromatic heterocycles. The SMILES string of the molecule is CN=C(NCCNC(=O)OC(C)(C)C)NCC1CN2CCCC2CO1.I. The van der Waals surface area contributed by atoms with Crippen LogP contribution in [-0.2, 0) is 9.47 Å². The van der Waals surface area contributed by atoms with Gasteiger partial charge in [-0.25, -0.2) is 4.79 Å². The smallest absolute Gasteiger partial charge is 0.407 e. The van der Waals surface area contributed by atoms with Crippen molar-refractivity contribution in [3.05, 3.63) is 0 Å². The maximum atomic E-state index is 11.6. The molecule has 1 amide bonds. The van der Waals surface area contributed by atoms with Gasteiger partial charge in [-0.2, -0.15) is 0 Å². The number of aliphatic imine (C=N–C) groups is 1. The molecule has 0 aromatic rings. The van der Waals surface area contributed by atoms with Crippen molar-refractivity contribution in [2.24, 2.45) is 4.99 Å². The number of guanidine groups is 1. The minimum Gasteiger partial charge on any atom is -0.444 e. The lowest BCUT2D eigenvalue weighted by atomic mass is 10.2. The number of carbonyl (C=O) groups is 1. The van der Waals surface area contributed by atoms with E-state index >= 15 is 0 Å². The molecular weight excluding hydrogens is 449 g/mol. The number of fused-ring (bicyclic) bond motifs is 1. The van der Waals surface area contributed by atoms with Gasteiger partial charge in [-0.1, -0.05) is 0 Å². The number of hydrogen-bond donors (Lipinski definition) is 3. The Kier molecular flexibility index (Phi) is 9.94. The van der Waals surface area contributed by atoms with Crippen LogP contribution in [0, 0.1) is 0 Å². The molecule has 0 spiro atoms. The standard InChI is InChI=1S/C17H33N5O3.HI/c1-17(2,3)25-16(23)20-8-7-19-15(18-4)21-10-14-11-22-9-5-6-13(22)12-24-14;/h13-14H,5-12H2,1-4H3,(H,20,23)(H2,18,19,21);1H. The maximum absolute atomic E-state index is 11.6. The first-order valence-electron chi connectivity index (χ1n) is 9.14. The van der Waals surface area contributed by atoms with Gasteiger partial charge in [-0.3, -0.25) is 9.89 Å². The molecule has 2 aliphatic rings. The van der Waals surface area contributed by atoms with Gasteiger partial charge in [-0.15, -0.1) is 24.0 Å². The molecule has 26 heavy (non-hydrogen) atoms. The highest BCUT2D eigenvalue weighted by Gasteiger charge is 2.32. The molecule has 0 saturated carbocycles. The Morgan fingerprint density at radius 1 is 1.27 bits per heavy atom. The Morgan fingerprint density at radius 2 is 2.00 bits per heavy atom. The summed E-state index contributed by atoms with van der Waals surface area (Å²) in [6, 6.07) is 0.618. The second-order valence-electron chi connectivity index (χ2n) is 7.55. The highest BCUT2D eigenvalue weighted by molar-refractivity contribution is 14.0. The van der Waals surface area contributed by atoms with Crippen LogP contribution in [0.5, 0.6) is 0 Å². The first-order chi connectivity index (χ1) is 11.9. The number of carbonyl (C=O) groups excluding carboxylic acids is 1. The van der Waals surface area contributed by atoms with Crippen molar-refractivity contribution in [3.8, 4) is 0 Å². The number of nitrogens with zero attached hydrogens (tertiary/aromatic N) is 2. The fourth-order valence-corrected chi connectivity index (χ4v) is 3.10. The van der Waals surface area contributed by atoms with E-state index in [0.717, 1.165) is 19.7 Å². The number of halogens is 1. The molecule has 152 valence electrons. The summed E-state index contributed by atoms with van der Waals surface area (Å²) < 4.78 is 11.1. The average Bonchev–Trinajstić information content (AvgIpc) is 3.00. The Morgan fingerprint density at radius 3 is 2.69 bits per heavy atom. The zero-order valence-electron chi connectivity index (χ0n) is 16.3. The minimum atomic E-state index is -0.483. The van der Waals surface area contributed by atoms with Gasteiger partial charge >= 0.3 is 6.09 Å². The molecule has 0 bridgehead atoms. The quantitative estimate of drug-likeness (QED) is 0.236. The van der Waals surface area contributed by atoms with E-state index in [-0.39, 0.29) is 30.1 Å².